The lowest BCUT2D eigenvalue weighted by atomic mass is 9.95. The van der Waals surface area contributed by atoms with Crippen molar-refractivity contribution in [3.8, 4) is 0 Å². The Morgan fingerprint density at radius 1 is 1.44 bits per heavy atom. The van der Waals surface area contributed by atoms with Crippen LogP contribution in [0.3, 0.4) is 0 Å². The van der Waals surface area contributed by atoms with Crippen LogP contribution >= 0.6 is 0 Å². The number of nitrogens with one attached hydrogen (secondary N) is 1. The molecule has 18 heavy (non-hydrogen) atoms. The molecule has 6 heteroatoms. The number of ether oxygens (including phenoxy) is 1. The van der Waals surface area contributed by atoms with Gasteiger partial charge >= 0.3 is 0 Å². The van der Waals surface area contributed by atoms with Crippen LogP contribution < -0.4 is 11.1 Å². The average Bonchev–Trinajstić information content (AvgIpc) is 3.00. The van der Waals surface area contributed by atoms with Crippen LogP contribution in [-0.4, -0.2) is 47.6 Å². The van der Waals surface area contributed by atoms with Crippen molar-refractivity contribution >= 4 is 5.84 Å². The molecule has 0 aromatic rings. The van der Waals surface area contributed by atoms with Gasteiger partial charge in [-0.2, -0.15) is 0 Å². The molecule has 5 N–H and O–H groups in total. The summed E-state index contributed by atoms with van der Waals surface area (Å²) >= 11 is 0. The minimum atomic E-state index is -0.757. The van der Waals surface area contributed by atoms with E-state index in [0.29, 0.717) is 26.0 Å². The average molecular weight is 257 g/mol. The molecule has 2 fully saturated rings. The van der Waals surface area contributed by atoms with Crippen molar-refractivity contribution in [2.24, 2.45) is 16.3 Å². The molecular weight excluding hydrogens is 234 g/mol. The van der Waals surface area contributed by atoms with Crippen LogP contribution in [0.1, 0.15) is 32.6 Å². The van der Waals surface area contributed by atoms with Crippen molar-refractivity contribution < 1.29 is 15.1 Å². The van der Waals surface area contributed by atoms with Crippen LogP contribution in [0.15, 0.2) is 5.16 Å². The van der Waals surface area contributed by atoms with E-state index in [1.54, 1.807) is 0 Å². The highest BCUT2D eigenvalue weighted by atomic mass is 16.5. The highest BCUT2D eigenvalue weighted by molar-refractivity contribution is 5.80. The van der Waals surface area contributed by atoms with E-state index in [1.165, 1.54) is 0 Å². The third kappa shape index (κ3) is 2.93. The summed E-state index contributed by atoms with van der Waals surface area (Å²) in [5.41, 5.74) is 4.91. The van der Waals surface area contributed by atoms with E-state index >= 15 is 0 Å². The van der Waals surface area contributed by atoms with Gasteiger partial charge in [0.15, 0.2) is 0 Å². The molecule has 2 atom stereocenters. The van der Waals surface area contributed by atoms with Gasteiger partial charge in [0.2, 0.25) is 0 Å². The lowest BCUT2D eigenvalue weighted by Crippen LogP contribution is -2.47. The van der Waals surface area contributed by atoms with Crippen LogP contribution in [0, 0.1) is 5.41 Å². The fourth-order valence-corrected chi connectivity index (χ4v) is 2.56. The zero-order valence-corrected chi connectivity index (χ0v) is 10.9. The standard InChI is InChI=1S/C12H23N3O3/c1-9-12(16,4-5-18-9)8-14-7-11(2-3-11)6-10(13)15-17/h9,14,16-17H,2-8H2,1H3,(H2,13,15). The van der Waals surface area contributed by atoms with Crippen LogP contribution in [-0.2, 0) is 4.74 Å². The Balaban J connectivity index is 1.75. The number of nitrogens with two attached hydrogens (primary N) is 1. The molecule has 0 amide bonds. The molecule has 1 aliphatic carbocycles. The summed E-state index contributed by atoms with van der Waals surface area (Å²) < 4.78 is 5.39. The van der Waals surface area contributed by atoms with Gasteiger partial charge in [-0.05, 0) is 25.2 Å². The molecule has 104 valence electrons. The maximum absolute atomic E-state index is 10.3. The maximum Gasteiger partial charge on any atom is 0.139 e. The number of aliphatic hydroxyl groups is 1. The number of oxime groups is 1. The van der Waals surface area contributed by atoms with Crippen LogP contribution in [0.4, 0.5) is 0 Å². The largest absolute Gasteiger partial charge is 0.409 e. The quantitative estimate of drug-likeness (QED) is 0.233. The molecule has 2 rings (SSSR count). The molecule has 0 aromatic heterocycles. The Hall–Kier alpha value is -0.850. The zero-order chi connectivity index (χ0) is 13.2. The van der Waals surface area contributed by atoms with Crippen LogP contribution in [0.2, 0.25) is 0 Å². The predicted octanol–water partition coefficient (Wildman–Crippen LogP) is 0.0326. The highest BCUT2D eigenvalue weighted by Gasteiger charge is 2.44. The molecule has 2 unspecified atom stereocenters. The molecule has 0 spiro atoms. The van der Waals surface area contributed by atoms with Gasteiger partial charge in [-0.1, -0.05) is 5.16 Å². The van der Waals surface area contributed by atoms with E-state index in [0.717, 1.165) is 19.4 Å². The normalized spacial score (nSPS) is 34.8. The third-order valence-electron chi connectivity index (χ3n) is 4.23. The zero-order valence-electron chi connectivity index (χ0n) is 10.9. The van der Waals surface area contributed by atoms with Crippen molar-refractivity contribution in [1.82, 2.24) is 5.32 Å². The summed E-state index contributed by atoms with van der Waals surface area (Å²) in [6.45, 7) is 3.84. The van der Waals surface area contributed by atoms with E-state index in [1.807, 2.05) is 6.92 Å². The third-order valence-corrected chi connectivity index (χ3v) is 4.23. The van der Waals surface area contributed by atoms with E-state index < -0.39 is 5.60 Å². The second-order valence-corrected chi connectivity index (χ2v) is 5.74. The summed E-state index contributed by atoms with van der Waals surface area (Å²) in [6.07, 6.45) is 3.33. The van der Waals surface area contributed by atoms with Gasteiger partial charge in [-0.3, -0.25) is 0 Å². The Kier molecular flexibility index (Phi) is 3.79. The van der Waals surface area contributed by atoms with Crippen molar-refractivity contribution in [2.45, 2.75) is 44.3 Å². The van der Waals surface area contributed by atoms with Gasteiger partial charge in [0, 0.05) is 32.5 Å². The Morgan fingerprint density at radius 3 is 2.67 bits per heavy atom. The van der Waals surface area contributed by atoms with E-state index in [4.69, 9.17) is 15.7 Å². The molecule has 1 heterocycles. The minimum absolute atomic E-state index is 0.120. The molecule has 2 aliphatic rings. The SMILES string of the molecule is CC1OCCC1(O)CNCC1(CC(N)=NO)CC1. The van der Waals surface area contributed by atoms with Gasteiger partial charge < -0.3 is 26.1 Å². The summed E-state index contributed by atoms with van der Waals surface area (Å²) in [7, 11) is 0. The lowest BCUT2D eigenvalue weighted by Gasteiger charge is -2.27. The number of hydrogen-bond acceptors (Lipinski definition) is 5. The van der Waals surface area contributed by atoms with Crippen molar-refractivity contribution in [2.75, 3.05) is 19.7 Å². The number of nitrogens with zero attached hydrogens (tertiary/aromatic N) is 1. The maximum atomic E-state index is 10.3. The number of rotatable bonds is 6. The Labute approximate surface area is 107 Å². The molecular formula is C12H23N3O3. The minimum Gasteiger partial charge on any atom is -0.409 e. The molecule has 6 nitrogen and oxygen atoms in total. The van der Waals surface area contributed by atoms with Crippen LogP contribution in [0.25, 0.3) is 0 Å². The van der Waals surface area contributed by atoms with Crippen molar-refractivity contribution in [3.63, 3.8) is 0 Å². The topological polar surface area (TPSA) is 100 Å². The first kappa shape index (κ1) is 13.6. The van der Waals surface area contributed by atoms with E-state index in [2.05, 4.69) is 10.5 Å². The number of hydrogen-bond donors (Lipinski definition) is 4. The highest BCUT2D eigenvalue weighted by Crippen LogP contribution is 2.48. The summed E-state index contributed by atoms with van der Waals surface area (Å²) in [4.78, 5) is 0. The Morgan fingerprint density at radius 2 is 2.17 bits per heavy atom. The summed E-state index contributed by atoms with van der Waals surface area (Å²) in [5.74, 6) is 0.283. The first-order valence-electron chi connectivity index (χ1n) is 6.51. The predicted molar refractivity (Wildman–Crippen MR) is 67.5 cm³/mol. The molecule has 1 aliphatic heterocycles. The molecule has 0 aromatic carbocycles. The van der Waals surface area contributed by atoms with Crippen molar-refractivity contribution in [3.05, 3.63) is 0 Å². The van der Waals surface area contributed by atoms with E-state index in [-0.39, 0.29) is 17.4 Å². The number of amidine groups is 1. The molecule has 1 saturated carbocycles. The Bertz CT molecular complexity index is 331. The smallest absolute Gasteiger partial charge is 0.139 e. The van der Waals surface area contributed by atoms with Gasteiger partial charge in [0.05, 0.1) is 6.10 Å². The first-order chi connectivity index (χ1) is 8.50. The first-order valence-corrected chi connectivity index (χ1v) is 6.51. The summed E-state index contributed by atoms with van der Waals surface area (Å²) in [6, 6.07) is 0. The fourth-order valence-electron chi connectivity index (χ4n) is 2.56. The molecule has 0 radical (unpaired) electrons. The monoisotopic (exact) mass is 257 g/mol. The summed E-state index contributed by atoms with van der Waals surface area (Å²) in [5, 5.41) is 25.2. The second kappa shape index (κ2) is 5.03. The molecule has 1 saturated heterocycles. The van der Waals surface area contributed by atoms with E-state index in [9.17, 15) is 5.11 Å². The fraction of sp³-hybridized carbons (Fsp3) is 0.917. The van der Waals surface area contributed by atoms with Crippen molar-refractivity contribution in [1.29, 1.82) is 0 Å². The lowest BCUT2D eigenvalue weighted by molar-refractivity contribution is -0.0266. The van der Waals surface area contributed by atoms with Gasteiger partial charge in [0.25, 0.3) is 0 Å². The second-order valence-electron chi connectivity index (χ2n) is 5.74. The van der Waals surface area contributed by atoms with Gasteiger partial charge in [-0.15, -0.1) is 0 Å². The van der Waals surface area contributed by atoms with Crippen LogP contribution in [0.5, 0.6) is 0 Å². The molecule has 0 bridgehead atoms. The van der Waals surface area contributed by atoms with Gasteiger partial charge in [-0.25, -0.2) is 0 Å². The van der Waals surface area contributed by atoms with Gasteiger partial charge in [0.1, 0.15) is 11.4 Å².